The van der Waals surface area contributed by atoms with E-state index in [0.29, 0.717) is 17.0 Å². The van der Waals surface area contributed by atoms with Crippen LogP contribution in [0.4, 0.5) is 10.1 Å². The fourth-order valence-electron chi connectivity index (χ4n) is 4.21. The Labute approximate surface area is 183 Å². The van der Waals surface area contributed by atoms with E-state index in [-0.39, 0.29) is 22.3 Å². The summed E-state index contributed by atoms with van der Waals surface area (Å²) in [6, 6.07) is 15.9. The maximum absolute atomic E-state index is 13.9. The summed E-state index contributed by atoms with van der Waals surface area (Å²) in [6.45, 7) is 3.96. The molecule has 0 bridgehead atoms. The first-order chi connectivity index (χ1) is 15.4. The molecule has 0 fully saturated rings. The molecule has 5 nitrogen and oxygen atoms in total. The van der Waals surface area contributed by atoms with E-state index in [9.17, 15) is 14.0 Å². The quantitative estimate of drug-likeness (QED) is 0.443. The van der Waals surface area contributed by atoms with Crippen LogP contribution in [0, 0.1) is 19.7 Å². The minimum Gasteiger partial charge on any atom is -0.497 e. The molecule has 0 radical (unpaired) electrons. The second-order valence-corrected chi connectivity index (χ2v) is 7.94. The predicted molar refractivity (Wildman–Crippen MR) is 120 cm³/mol. The van der Waals surface area contributed by atoms with Crippen molar-refractivity contribution in [1.82, 2.24) is 0 Å². The zero-order valence-corrected chi connectivity index (χ0v) is 17.8. The SMILES string of the molecule is COc1cccc(C2c3c(oc4ccc(F)cc4c3=O)C(=O)N2c2ccc(C)c(C)c2)c1. The molecule has 1 aliphatic heterocycles. The molecule has 2 heterocycles. The molecule has 1 atom stereocenters. The summed E-state index contributed by atoms with van der Waals surface area (Å²) in [5.74, 6) is -0.391. The van der Waals surface area contributed by atoms with Crippen LogP contribution >= 0.6 is 0 Å². The number of benzene rings is 3. The Morgan fingerprint density at radius 3 is 2.53 bits per heavy atom. The van der Waals surface area contributed by atoms with Gasteiger partial charge in [0, 0.05) is 5.69 Å². The second-order valence-electron chi connectivity index (χ2n) is 7.94. The number of carbonyl (C=O) groups excluding carboxylic acids is 1. The summed E-state index contributed by atoms with van der Waals surface area (Å²) >= 11 is 0. The van der Waals surface area contributed by atoms with Crippen LogP contribution < -0.4 is 15.1 Å². The molecular weight excluding hydrogens is 409 g/mol. The van der Waals surface area contributed by atoms with Crippen LogP contribution in [0.2, 0.25) is 0 Å². The van der Waals surface area contributed by atoms with Crippen molar-refractivity contribution in [2.75, 3.05) is 12.0 Å². The number of carbonyl (C=O) groups is 1. The number of hydrogen-bond donors (Lipinski definition) is 0. The maximum Gasteiger partial charge on any atom is 0.295 e. The Bertz CT molecular complexity index is 1460. The zero-order chi connectivity index (χ0) is 22.6. The number of halogens is 1. The molecule has 5 rings (SSSR count). The number of hydrogen-bond acceptors (Lipinski definition) is 4. The van der Waals surface area contributed by atoms with Gasteiger partial charge in [-0.2, -0.15) is 0 Å². The Morgan fingerprint density at radius 1 is 0.969 bits per heavy atom. The molecule has 6 heteroatoms. The van der Waals surface area contributed by atoms with Crippen LogP contribution in [0.1, 0.15) is 38.9 Å². The lowest BCUT2D eigenvalue weighted by Crippen LogP contribution is -2.29. The van der Waals surface area contributed by atoms with Crippen molar-refractivity contribution in [3.05, 3.63) is 105 Å². The van der Waals surface area contributed by atoms with Crippen LogP contribution in [0.5, 0.6) is 5.75 Å². The number of fused-ring (bicyclic) bond motifs is 2. The van der Waals surface area contributed by atoms with Gasteiger partial charge in [-0.05, 0) is 73.0 Å². The van der Waals surface area contributed by atoms with E-state index in [0.717, 1.165) is 17.2 Å². The topological polar surface area (TPSA) is 59.8 Å². The van der Waals surface area contributed by atoms with Gasteiger partial charge in [0.1, 0.15) is 17.1 Å². The van der Waals surface area contributed by atoms with Gasteiger partial charge in [-0.25, -0.2) is 4.39 Å². The van der Waals surface area contributed by atoms with Crippen molar-refractivity contribution in [3.8, 4) is 5.75 Å². The highest BCUT2D eigenvalue weighted by Crippen LogP contribution is 2.42. The van der Waals surface area contributed by atoms with Crippen molar-refractivity contribution in [2.45, 2.75) is 19.9 Å². The van der Waals surface area contributed by atoms with E-state index < -0.39 is 23.2 Å². The first-order valence-corrected chi connectivity index (χ1v) is 10.2. The Balaban J connectivity index is 1.82. The van der Waals surface area contributed by atoms with Crippen molar-refractivity contribution in [1.29, 1.82) is 0 Å². The van der Waals surface area contributed by atoms with Crippen LogP contribution in [0.3, 0.4) is 0 Å². The molecule has 0 N–H and O–H groups in total. The zero-order valence-electron chi connectivity index (χ0n) is 17.8. The van der Waals surface area contributed by atoms with Crippen molar-refractivity contribution in [2.24, 2.45) is 0 Å². The molecule has 160 valence electrons. The van der Waals surface area contributed by atoms with Gasteiger partial charge in [-0.3, -0.25) is 14.5 Å². The average molecular weight is 429 g/mol. The van der Waals surface area contributed by atoms with Crippen LogP contribution in [-0.4, -0.2) is 13.0 Å². The summed E-state index contributed by atoms with van der Waals surface area (Å²) in [7, 11) is 1.55. The van der Waals surface area contributed by atoms with Crippen LogP contribution in [0.25, 0.3) is 11.0 Å². The second kappa shape index (κ2) is 7.34. The molecule has 4 aromatic rings. The molecule has 0 saturated carbocycles. The number of ether oxygens (including phenoxy) is 1. The number of methoxy groups -OCH3 is 1. The standard InChI is InChI=1S/C26H20FNO4/c1-14-7-9-18(11-15(14)2)28-23(16-5-4-6-19(12-16)31-3)22-24(29)20-13-17(27)8-10-21(20)32-25(22)26(28)30/h4-13,23H,1-3H3. The van der Waals surface area contributed by atoms with Crippen molar-refractivity contribution in [3.63, 3.8) is 0 Å². The van der Waals surface area contributed by atoms with Crippen molar-refractivity contribution >= 4 is 22.6 Å². The fourth-order valence-corrected chi connectivity index (χ4v) is 4.21. The third kappa shape index (κ3) is 2.99. The first kappa shape index (κ1) is 20.0. The lowest BCUT2D eigenvalue weighted by Gasteiger charge is -2.26. The lowest BCUT2D eigenvalue weighted by atomic mass is 9.97. The average Bonchev–Trinajstić information content (AvgIpc) is 3.09. The Morgan fingerprint density at radius 2 is 1.78 bits per heavy atom. The lowest BCUT2D eigenvalue weighted by molar-refractivity contribution is 0.0971. The van der Waals surface area contributed by atoms with E-state index in [1.807, 2.05) is 38.1 Å². The van der Waals surface area contributed by atoms with Crippen LogP contribution in [0.15, 0.2) is 69.9 Å². The number of anilines is 1. The highest BCUT2D eigenvalue weighted by Gasteiger charge is 2.43. The van der Waals surface area contributed by atoms with Crippen LogP contribution in [-0.2, 0) is 0 Å². The normalized spacial score (nSPS) is 15.3. The fraction of sp³-hybridized carbons (Fsp3) is 0.154. The monoisotopic (exact) mass is 429 g/mol. The third-order valence-electron chi connectivity index (χ3n) is 6.01. The van der Waals surface area contributed by atoms with Gasteiger partial charge in [0.2, 0.25) is 5.76 Å². The smallest absolute Gasteiger partial charge is 0.295 e. The van der Waals surface area contributed by atoms with Gasteiger partial charge in [-0.1, -0.05) is 18.2 Å². The van der Waals surface area contributed by atoms with Gasteiger partial charge in [0.05, 0.1) is 24.1 Å². The molecule has 1 aromatic heterocycles. The molecule has 0 aliphatic carbocycles. The molecule has 1 aliphatic rings. The summed E-state index contributed by atoms with van der Waals surface area (Å²) in [4.78, 5) is 28.7. The minimum atomic E-state index is -0.737. The number of nitrogens with zero attached hydrogens (tertiary/aromatic N) is 1. The number of aryl methyl sites for hydroxylation is 2. The summed E-state index contributed by atoms with van der Waals surface area (Å²) < 4.78 is 25.2. The van der Waals surface area contributed by atoms with E-state index >= 15 is 0 Å². The molecule has 0 spiro atoms. The summed E-state index contributed by atoms with van der Waals surface area (Å²) in [5.41, 5.74) is 3.39. The Kier molecular flexibility index (Phi) is 4.59. The maximum atomic E-state index is 13.9. The predicted octanol–water partition coefficient (Wildman–Crippen LogP) is 5.31. The number of rotatable bonds is 3. The van der Waals surface area contributed by atoms with Crippen molar-refractivity contribution < 1.29 is 18.3 Å². The van der Waals surface area contributed by atoms with Gasteiger partial charge in [0.15, 0.2) is 5.43 Å². The number of amides is 1. The first-order valence-electron chi connectivity index (χ1n) is 10.2. The van der Waals surface area contributed by atoms with Gasteiger partial charge in [-0.15, -0.1) is 0 Å². The van der Waals surface area contributed by atoms with Gasteiger partial charge in [0.25, 0.3) is 5.91 Å². The molecule has 3 aromatic carbocycles. The molecular formula is C26H20FNO4. The largest absolute Gasteiger partial charge is 0.497 e. The van der Waals surface area contributed by atoms with E-state index in [4.69, 9.17) is 9.15 Å². The van der Waals surface area contributed by atoms with E-state index in [1.165, 1.54) is 12.1 Å². The summed E-state index contributed by atoms with van der Waals surface area (Å²) in [6.07, 6.45) is 0. The highest BCUT2D eigenvalue weighted by molar-refractivity contribution is 6.10. The molecule has 1 unspecified atom stereocenters. The van der Waals surface area contributed by atoms with Gasteiger partial charge < -0.3 is 9.15 Å². The minimum absolute atomic E-state index is 0.0276. The molecule has 1 amide bonds. The molecule has 32 heavy (non-hydrogen) atoms. The molecule has 0 saturated heterocycles. The summed E-state index contributed by atoms with van der Waals surface area (Å²) in [5, 5.41) is 0.103. The third-order valence-corrected chi connectivity index (χ3v) is 6.01. The van der Waals surface area contributed by atoms with E-state index in [1.54, 1.807) is 30.2 Å². The Hall–Kier alpha value is -3.93. The van der Waals surface area contributed by atoms with E-state index in [2.05, 4.69) is 0 Å². The highest BCUT2D eigenvalue weighted by atomic mass is 19.1. The van der Waals surface area contributed by atoms with Gasteiger partial charge >= 0.3 is 0 Å².